The van der Waals surface area contributed by atoms with Crippen molar-refractivity contribution in [1.29, 1.82) is 0 Å². The number of hydrogen-bond acceptors (Lipinski definition) is 5. The Morgan fingerprint density at radius 3 is 2.44 bits per heavy atom. The number of carbonyl (C=O) groups excluding carboxylic acids is 2. The molecule has 1 N–H and O–H groups in total. The van der Waals surface area contributed by atoms with Crippen molar-refractivity contribution in [3.05, 3.63) is 59.1 Å². The maximum atomic E-state index is 13.3. The second kappa shape index (κ2) is 8.49. The summed E-state index contributed by atoms with van der Waals surface area (Å²) in [5.41, 5.74) is 1.27. The van der Waals surface area contributed by atoms with Crippen LogP contribution in [0.4, 0.5) is 0 Å². The molecule has 1 saturated carbocycles. The van der Waals surface area contributed by atoms with Crippen LogP contribution in [0.1, 0.15) is 75.8 Å². The lowest BCUT2D eigenvalue weighted by Gasteiger charge is -2.34. The van der Waals surface area contributed by atoms with Gasteiger partial charge in [0.05, 0.1) is 24.5 Å². The highest BCUT2D eigenvalue weighted by Gasteiger charge is 2.50. The van der Waals surface area contributed by atoms with E-state index in [9.17, 15) is 14.7 Å². The molecule has 6 nitrogen and oxygen atoms in total. The Balaban J connectivity index is 1.90. The maximum Gasteiger partial charge on any atom is 0.296 e. The van der Waals surface area contributed by atoms with Crippen LogP contribution in [-0.2, 0) is 15.0 Å². The summed E-state index contributed by atoms with van der Waals surface area (Å²) in [4.78, 5) is 28.1. The van der Waals surface area contributed by atoms with E-state index in [1.807, 2.05) is 12.1 Å². The Hall–Kier alpha value is -3.02. The molecule has 0 spiro atoms. The molecule has 1 saturated heterocycles. The molecule has 1 atom stereocenters. The molecule has 0 bridgehead atoms. The minimum atomic E-state index is -0.754. The summed E-state index contributed by atoms with van der Waals surface area (Å²) in [6.07, 6.45) is 6.36. The van der Waals surface area contributed by atoms with Gasteiger partial charge in [0.1, 0.15) is 23.3 Å². The van der Waals surface area contributed by atoms with Crippen LogP contribution in [0.15, 0.2) is 46.6 Å². The summed E-state index contributed by atoms with van der Waals surface area (Å²) < 4.78 is 11.2. The van der Waals surface area contributed by atoms with E-state index in [1.165, 1.54) is 13.4 Å². The lowest BCUT2D eigenvalue weighted by atomic mass is 9.85. The van der Waals surface area contributed by atoms with E-state index in [0.717, 1.165) is 37.7 Å². The van der Waals surface area contributed by atoms with Gasteiger partial charge in [0, 0.05) is 6.04 Å². The van der Waals surface area contributed by atoms with Crippen LogP contribution in [0.2, 0.25) is 0 Å². The summed E-state index contributed by atoms with van der Waals surface area (Å²) in [6.45, 7) is 6.22. The molecule has 1 aliphatic carbocycles. The average molecular weight is 438 g/mol. The fourth-order valence-electron chi connectivity index (χ4n) is 4.82. The Labute approximate surface area is 188 Å². The van der Waals surface area contributed by atoms with Crippen molar-refractivity contribution in [3.8, 4) is 5.75 Å². The third-order valence-corrected chi connectivity index (χ3v) is 6.58. The van der Waals surface area contributed by atoms with Gasteiger partial charge in [0.2, 0.25) is 0 Å². The Morgan fingerprint density at radius 1 is 1.12 bits per heavy atom. The zero-order valence-corrected chi connectivity index (χ0v) is 19.2. The molecule has 6 heteroatoms. The highest BCUT2D eigenvalue weighted by Crippen LogP contribution is 2.44. The van der Waals surface area contributed by atoms with E-state index in [-0.39, 0.29) is 22.8 Å². The second-order valence-electron chi connectivity index (χ2n) is 9.68. The molecule has 1 unspecified atom stereocenters. The first-order valence-corrected chi connectivity index (χ1v) is 11.3. The third-order valence-electron chi connectivity index (χ3n) is 6.58. The average Bonchev–Trinajstić information content (AvgIpc) is 3.40. The third kappa shape index (κ3) is 3.83. The number of aliphatic hydroxyl groups excluding tert-OH is 1. The molecule has 170 valence electrons. The number of ether oxygens (including phenoxy) is 1. The molecular weight excluding hydrogens is 406 g/mol. The van der Waals surface area contributed by atoms with Crippen LogP contribution in [0.5, 0.6) is 5.75 Å². The van der Waals surface area contributed by atoms with Crippen molar-refractivity contribution < 1.29 is 23.8 Å². The largest absolute Gasteiger partial charge is 0.507 e. The SMILES string of the molecule is COc1ccc(C(C)(C)C)cc1/C(O)=C1\C(=O)C(=O)N(C2CCCCC2)C1c1ccco1. The number of carbonyl (C=O) groups is 2. The quantitative estimate of drug-likeness (QED) is 0.397. The van der Waals surface area contributed by atoms with Crippen molar-refractivity contribution >= 4 is 17.4 Å². The van der Waals surface area contributed by atoms with Gasteiger partial charge in [-0.05, 0) is 48.1 Å². The van der Waals surface area contributed by atoms with Gasteiger partial charge in [0.15, 0.2) is 0 Å². The number of Topliss-reactive ketones (excluding diaryl/α,β-unsaturated/α-hetero) is 1. The Kier molecular flexibility index (Phi) is 5.89. The van der Waals surface area contributed by atoms with Crippen LogP contribution in [-0.4, -0.2) is 34.8 Å². The van der Waals surface area contributed by atoms with E-state index in [0.29, 0.717) is 17.1 Å². The molecule has 2 aliphatic rings. The fraction of sp³-hybridized carbons (Fsp3) is 0.462. The van der Waals surface area contributed by atoms with Crippen LogP contribution >= 0.6 is 0 Å². The van der Waals surface area contributed by atoms with E-state index >= 15 is 0 Å². The van der Waals surface area contributed by atoms with Crippen molar-refractivity contribution in [1.82, 2.24) is 4.90 Å². The summed E-state index contributed by atoms with van der Waals surface area (Å²) in [6, 6.07) is 8.25. The number of amides is 1. The van der Waals surface area contributed by atoms with Gasteiger partial charge in [-0.15, -0.1) is 0 Å². The maximum absolute atomic E-state index is 13.3. The number of benzene rings is 1. The van der Waals surface area contributed by atoms with Gasteiger partial charge < -0.3 is 19.2 Å². The van der Waals surface area contributed by atoms with Crippen LogP contribution in [0, 0.1) is 0 Å². The molecule has 2 fully saturated rings. The standard InChI is InChI=1S/C26H31NO5/c1-26(2,3)16-12-13-19(31-4)18(15-16)23(28)21-22(20-11-8-14-32-20)27(25(30)24(21)29)17-9-6-5-7-10-17/h8,11-15,17,22,28H,5-7,9-10H2,1-4H3/b23-21+. The van der Waals surface area contributed by atoms with Crippen molar-refractivity contribution in [2.24, 2.45) is 0 Å². The van der Waals surface area contributed by atoms with Crippen LogP contribution in [0.25, 0.3) is 5.76 Å². The van der Waals surface area contributed by atoms with Gasteiger partial charge in [-0.2, -0.15) is 0 Å². The number of ketones is 1. The number of hydrogen-bond donors (Lipinski definition) is 1. The van der Waals surface area contributed by atoms with E-state index < -0.39 is 17.7 Å². The molecule has 1 aromatic carbocycles. The fourth-order valence-corrected chi connectivity index (χ4v) is 4.82. The van der Waals surface area contributed by atoms with Gasteiger partial charge in [-0.3, -0.25) is 9.59 Å². The molecule has 4 rings (SSSR count). The summed E-state index contributed by atoms with van der Waals surface area (Å²) in [5.74, 6) is -0.575. The zero-order valence-electron chi connectivity index (χ0n) is 19.2. The van der Waals surface area contributed by atoms with Crippen molar-refractivity contribution in [2.45, 2.75) is 70.4 Å². The lowest BCUT2D eigenvalue weighted by Crippen LogP contribution is -2.40. The monoisotopic (exact) mass is 437 g/mol. The molecular formula is C26H31NO5. The van der Waals surface area contributed by atoms with E-state index in [2.05, 4.69) is 20.8 Å². The smallest absolute Gasteiger partial charge is 0.296 e. The molecule has 1 aliphatic heterocycles. The Bertz CT molecular complexity index is 1040. The van der Waals surface area contributed by atoms with E-state index in [4.69, 9.17) is 9.15 Å². The molecule has 2 aromatic rings. The minimum absolute atomic E-state index is 0.0524. The Morgan fingerprint density at radius 2 is 1.84 bits per heavy atom. The number of likely N-dealkylation sites (tertiary alicyclic amines) is 1. The van der Waals surface area contributed by atoms with Gasteiger partial charge in [0.25, 0.3) is 11.7 Å². The summed E-state index contributed by atoms with van der Waals surface area (Å²) >= 11 is 0. The van der Waals surface area contributed by atoms with Crippen molar-refractivity contribution in [2.75, 3.05) is 7.11 Å². The number of aliphatic hydroxyl groups is 1. The molecule has 2 heterocycles. The first-order valence-electron chi connectivity index (χ1n) is 11.3. The van der Waals surface area contributed by atoms with Gasteiger partial charge >= 0.3 is 0 Å². The summed E-state index contributed by atoms with van der Waals surface area (Å²) in [7, 11) is 1.52. The second-order valence-corrected chi connectivity index (χ2v) is 9.68. The number of nitrogens with zero attached hydrogens (tertiary/aromatic N) is 1. The molecule has 0 radical (unpaired) electrons. The lowest BCUT2D eigenvalue weighted by molar-refractivity contribution is -0.142. The summed E-state index contributed by atoms with van der Waals surface area (Å²) in [5, 5.41) is 11.5. The highest BCUT2D eigenvalue weighted by atomic mass is 16.5. The molecule has 1 aromatic heterocycles. The first-order chi connectivity index (χ1) is 15.2. The number of rotatable bonds is 4. The number of furan rings is 1. The predicted octanol–water partition coefficient (Wildman–Crippen LogP) is 5.34. The van der Waals surface area contributed by atoms with E-state index in [1.54, 1.807) is 23.1 Å². The van der Waals surface area contributed by atoms with Gasteiger partial charge in [-0.25, -0.2) is 0 Å². The number of methoxy groups -OCH3 is 1. The van der Waals surface area contributed by atoms with Gasteiger partial charge in [-0.1, -0.05) is 46.1 Å². The minimum Gasteiger partial charge on any atom is -0.507 e. The molecule has 32 heavy (non-hydrogen) atoms. The normalized spacial score (nSPS) is 21.9. The topological polar surface area (TPSA) is 80.0 Å². The van der Waals surface area contributed by atoms with Crippen LogP contribution in [0.3, 0.4) is 0 Å². The zero-order chi connectivity index (χ0) is 23.0. The molecule has 1 amide bonds. The van der Waals surface area contributed by atoms with Crippen molar-refractivity contribution in [3.63, 3.8) is 0 Å². The van der Waals surface area contributed by atoms with Crippen LogP contribution < -0.4 is 4.74 Å². The first kappa shape index (κ1) is 22.2. The highest BCUT2D eigenvalue weighted by molar-refractivity contribution is 6.46. The predicted molar refractivity (Wildman–Crippen MR) is 121 cm³/mol.